The number of hydrogen-bond donors (Lipinski definition) is 2. The molecule has 1 heterocycles. The summed E-state index contributed by atoms with van der Waals surface area (Å²) in [4.78, 5) is 49.9. The minimum absolute atomic E-state index is 0.143. The monoisotopic (exact) mass is 565 g/mol. The highest BCUT2D eigenvalue weighted by molar-refractivity contribution is 5.93. The van der Waals surface area contributed by atoms with Crippen molar-refractivity contribution in [2.75, 3.05) is 13.7 Å². The maximum Gasteiger partial charge on any atom is 0.419 e. The number of fused-ring (bicyclic) bond motifs is 1. The fourth-order valence-corrected chi connectivity index (χ4v) is 4.25. The highest BCUT2D eigenvalue weighted by atomic mass is 16.6. The van der Waals surface area contributed by atoms with Crippen LogP contribution in [0.25, 0.3) is 10.9 Å². The van der Waals surface area contributed by atoms with Crippen LogP contribution in [0.4, 0.5) is 9.59 Å². The topological polar surface area (TPSA) is 125 Å². The molecule has 0 aliphatic carbocycles. The van der Waals surface area contributed by atoms with E-state index in [0.717, 1.165) is 10.9 Å². The largest absolute Gasteiger partial charge is 0.467 e. The van der Waals surface area contributed by atoms with Crippen LogP contribution in [-0.4, -0.2) is 53.9 Å². The number of methoxy groups -OCH3 is 1. The Labute approximate surface area is 240 Å². The van der Waals surface area contributed by atoms with Gasteiger partial charge in [-0.3, -0.25) is 9.36 Å². The number of carbonyl (C=O) groups is 4. The number of benzene rings is 2. The van der Waals surface area contributed by atoms with Crippen LogP contribution in [0.2, 0.25) is 0 Å². The summed E-state index contributed by atoms with van der Waals surface area (Å²) in [7, 11) is 1.27. The minimum Gasteiger partial charge on any atom is -0.467 e. The highest BCUT2D eigenvalue weighted by Gasteiger charge is 2.26. The normalized spacial score (nSPS) is 11.9. The SMILES string of the molecule is COC(=O)[C@@H](Cc1cn(C(=O)OC(C)(C)C)c2ccccc12)NC(=O)CCCCCNC(=O)OCc1ccccc1. The van der Waals surface area contributed by atoms with Crippen molar-refractivity contribution in [2.45, 2.75) is 71.1 Å². The number of nitrogens with one attached hydrogen (secondary N) is 2. The molecule has 2 aromatic carbocycles. The number of alkyl carbamates (subject to hydrolysis) is 1. The van der Waals surface area contributed by atoms with Crippen molar-refractivity contribution >= 4 is 35.0 Å². The number of para-hydroxylation sites is 1. The van der Waals surface area contributed by atoms with Gasteiger partial charge in [-0.25, -0.2) is 14.4 Å². The summed E-state index contributed by atoms with van der Waals surface area (Å²) < 4.78 is 17.1. The Morgan fingerprint density at radius 1 is 0.927 bits per heavy atom. The van der Waals surface area contributed by atoms with Crippen molar-refractivity contribution in [3.63, 3.8) is 0 Å². The first kappa shape index (κ1) is 31.2. The van der Waals surface area contributed by atoms with Gasteiger partial charge in [0.1, 0.15) is 18.2 Å². The number of carbonyl (C=O) groups excluding carboxylic acids is 4. The van der Waals surface area contributed by atoms with E-state index >= 15 is 0 Å². The zero-order chi connectivity index (χ0) is 29.8. The van der Waals surface area contributed by atoms with Crippen LogP contribution in [-0.2, 0) is 36.8 Å². The van der Waals surface area contributed by atoms with Crippen molar-refractivity contribution in [1.29, 1.82) is 0 Å². The van der Waals surface area contributed by atoms with Gasteiger partial charge in [0.25, 0.3) is 0 Å². The Morgan fingerprint density at radius 3 is 2.34 bits per heavy atom. The van der Waals surface area contributed by atoms with Gasteiger partial charge in [-0.1, -0.05) is 55.0 Å². The Kier molecular flexibility index (Phi) is 11.3. The van der Waals surface area contributed by atoms with Gasteiger partial charge in [0, 0.05) is 31.0 Å². The number of aromatic nitrogens is 1. The van der Waals surface area contributed by atoms with Gasteiger partial charge in [0.15, 0.2) is 0 Å². The van der Waals surface area contributed by atoms with Crippen LogP contribution < -0.4 is 10.6 Å². The summed E-state index contributed by atoms with van der Waals surface area (Å²) >= 11 is 0. The molecule has 0 saturated carbocycles. The van der Waals surface area contributed by atoms with Crippen molar-refractivity contribution < 1.29 is 33.4 Å². The third-order valence-electron chi connectivity index (χ3n) is 6.19. The molecule has 3 aromatic rings. The van der Waals surface area contributed by atoms with Crippen LogP contribution >= 0.6 is 0 Å². The summed E-state index contributed by atoms with van der Waals surface area (Å²) in [6.07, 6.45) is 2.95. The standard InChI is InChI=1S/C31H39N3O7/c1-31(2,3)41-30(38)34-20-23(24-15-10-11-16-26(24)34)19-25(28(36)39-4)33-27(35)17-9-6-12-18-32-29(37)40-21-22-13-7-5-8-14-22/h5,7-8,10-11,13-16,20,25H,6,9,12,17-19,21H2,1-4H3,(H,32,37)(H,33,35)/t25-/m1/s1. The molecule has 3 rings (SSSR count). The molecule has 1 aromatic heterocycles. The average molecular weight is 566 g/mol. The molecule has 41 heavy (non-hydrogen) atoms. The molecule has 0 fully saturated rings. The van der Waals surface area contributed by atoms with Crippen LogP contribution in [0.3, 0.4) is 0 Å². The fraction of sp³-hybridized carbons (Fsp3) is 0.419. The first-order valence-corrected chi connectivity index (χ1v) is 13.7. The molecule has 2 amide bonds. The molecule has 10 heteroatoms. The van der Waals surface area contributed by atoms with Gasteiger partial charge in [-0.2, -0.15) is 0 Å². The lowest BCUT2D eigenvalue weighted by Gasteiger charge is -2.19. The molecule has 1 atom stereocenters. The summed E-state index contributed by atoms with van der Waals surface area (Å²) in [6.45, 7) is 6.01. The van der Waals surface area contributed by atoms with Gasteiger partial charge >= 0.3 is 18.2 Å². The molecule has 0 aliphatic rings. The molecule has 0 bridgehead atoms. The number of nitrogens with zero attached hydrogens (tertiary/aromatic N) is 1. The van der Waals surface area contributed by atoms with Gasteiger partial charge in [-0.05, 0) is 50.8 Å². The average Bonchev–Trinajstić information content (AvgIpc) is 3.31. The number of unbranched alkanes of at least 4 members (excludes halogenated alkanes) is 2. The summed E-state index contributed by atoms with van der Waals surface area (Å²) in [5.41, 5.74) is 1.58. The Morgan fingerprint density at radius 2 is 1.63 bits per heavy atom. The lowest BCUT2D eigenvalue weighted by molar-refractivity contribution is -0.145. The molecule has 0 saturated heterocycles. The molecule has 0 spiro atoms. The number of ether oxygens (including phenoxy) is 3. The van der Waals surface area contributed by atoms with Crippen molar-refractivity contribution in [2.24, 2.45) is 0 Å². The van der Waals surface area contributed by atoms with E-state index in [4.69, 9.17) is 14.2 Å². The minimum atomic E-state index is -0.925. The van der Waals surface area contributed by atoms with E-state index in [1.807, 2.05) is 48.5 Å². The molecular weight excluding hydrogens is 526 g/mol. The van der Waals surface area contributed by atoms with E-state index in [0.29, 0.717) is 36.9 Å². The lowest BCUT2D eigenvalue weighted by atomic mass is 10.0. The second kappa shape index (κ2) is 14.9. The quantitative estimate of drug-likeness (QED) is 0.178. The summed E-state index contributed by atoms with van der Waals surface area (Å²) in [5.74, 6) is -0.864. The van der Waals surface area contributed by atoms with Crippen LogP contribution in [0.1, 0.15) is 57.6 Å². The number of amides is 2. The van der Waals surface area contributed by atoms with E-state index in [1.165, 1.54) is 11.7 Å². The Bertz CT molecular complexity index is 1330. The third-order valence-corrected chi connectivity index (χ3v) is 6.19. The van der Waals surface area contributed by atoms with E-state index in [-0.39, 0.29) is 25.4 Å². The summed E-state index contributed by atoms with van der Waals surface area (Å²) in [5, 5.41) is 6.25. The molecule has 0 unspecified atom stereocenters. The lowest BCUT2D eigenvalue weighted by Crippen LogP contribution is -2.43. The van der Waals surface area contributed by atoms with E-state index in [1.54, 1.807) is 33.0 Å². The first-order chi connectivity index (χ1) is 19.6. The molecule has 0 radical (unpaired) electrons. The predicted molar refractivity (Wildman–Crippen MR) is 154 cm³/mol. The first-order valence-electron chi connectivity index (χ1n) is 13.7. The molecule has 0 aliphatic heterocycles. The van der Waals surface area contributed by atoms with Gasteiger partial charge in [-0.15, -0.1) is 0 Å². The molecule has 10 nitrogen and oxygen atoms in total. The van der Waals surface area contributed by atoms with E-state index in [2.05, 4.69) is 10.6 Å². The van der Waals surface area contributed by atoms with Crippen molar-refractivity contribution in [3.05, 3.63) is 71.9 Å². The van der Waals surface area contributed by atoms with Crippen LogP contribution in [0.15, 0.2) is 60.8 Å². The number of rotatable bonds is 12. The zero-order valence-corrected chi connectivity index (χ0v) is 24.1. The van der Waals surface area contributed by atoms with Gasteiger partial charge in [0.05, 0.1) is 12.6 Å². The molecule has 2 N–H and O–H groups in total. The number of hydrogen-bond acceptors (Lipinski definition) is 7. The molecular formula is C31H39N3O7. The van der Waals surface area contributed by atoms with Gasteiger partial charge < -0.3 is 24.8 Å². The van der Waals surface area contributed by atoms with E-state index < -0.39 is 29.8 Å². The Balaban J connectivity index is 1.48. The smallest absolute Gasteiger partial charge is 0.419 e. The van der Waals surface area contributed by atoms with Crippen molar-refractivity contribution in [1.82, 2.24) is 15.2 Å². The second-order valence-corrected chi connectivity index (χ2v) is 10.7. The van der Waals surface area contributed by atoms with Gasteiger partial charge in [0.2, 0.25) is 5.91 Å². The maximum atomic E-state index is 12.8. The van der Waals surface area contributed by atoms with Crippen LogP contribution in [0.5, 0.6) is 0 Å². The zero-order valence-electron chi connectivity index (χ0n) is 24.1. The molecule has 220 valence electrons. The third kappa shape index (κ3) is 9.97. The van der Waals surface area contributed by atoms with E-state index in [9.17, 15) is 19.2 Å². The number of esters is 1. The Hall–Kier alpha value is -4.34. The predicted octanol–water partition coefficient (Wildman–Crippen LogP) is 5.11. The van der Waals surface area contributed by atoms with Crippen molar-refractivity contribution in [3.8, 4) is 0 Å². The summed E-state index contributed by atoms with van der Waals surface area (Å²) in [6, 6.07) is 15.8. The highest BCUT2D eigenvalue weighted by Crippen LogP contribution is 2.24. The van der Waals surface area contributed by atoms with Crippen LogP contribution in [0, 0.1) is 0 Å². The fourth-order valence-electron chi connectivity index (χ4n) is 4.25. The maximum absolute atomic E-state index is 12.8. The second-order valence-electron chi connectivity index (χ2n) is 10.7.